The molecular formula is C14H9N3O. The third kappa shape index (κ3) is 1.73. The van der Waals surface area contributed by atoms with Gasteiger partial charge in [0, 0.05) is 11.6 Å². The van der Waals surface area contributed by atoms with Crippen molar-refractivity contribution in [2.45, 2.75) is 0 Å². The standard InChI is InChI=1S/C14H9N3O/c18-14(12-7-3-4-8-15-12)13-10-5-1-2-6-11(10)16-9-17-13/h1-9H. The lowest BCUT2D eigenvalue weighted by Gasteiger charge is -2.03. The van der Waals surface area contributed by atoms with Gasteiger partial charge in [-0.2, -0.15) is 0 Å². The van der Waals surface area contributed by atoms with Gasteiger partial charge < -0.3 is 0 Å². The van der Waals surface area contributed by atoms with Gasteiger partial charge in [-0.05, 0) is 18.2 Å². The molecule has 0 aliphatic rings. The van der Waals surface area contributed by atoms with Crippen LogP contribution in [-0.2, 0) is 0 Å². The van der Waals surface area contributed by atoms with Gasteiger partial charge in [0.2, 0.25) is 5.78 Å². The molecule has 0 atom stereocenters. The Hall–Kier alpha value is -2.62. The molecule has 86 valence electrons. The molecule has 2 heterocycles. The smallest absolute Gasteiger partial charge is 0.230 e. The Morgan fingerprint density at radius 2 is 1.72 bits per heavy atom. The van der Waals surface area contributed by atoms with E-state index in [2.05, 4.69) is 15.0 Å². The zero-order chi connectivity index (χ0) is 12.4. The molecule has 1 aromatic carbocycles. The summed E-state index contributed by atoms with van der Waals surface area (Å²) in [6.07, 6.45) is 3.00. The van der Waals surface area contributed by atoms with Crippen LogP contribution in [0.15, 0.2) is 55.0 Å². The van der Waals surface area contributed by atoms with Crippen LogP contribution in [0.4, 0.5) is 0 Å². The van der Waals surface area contributed by atoms with E-state index in [1.54, 1.807) is 24.4 Å². The summed E-state index contributed by atoms with van der Waals surface area (Å²) in [6.45, 7) is 0. The molecule has 18 heavy (non-hydrogen) atoms. The first-order chi connectivity index (χ1) is 8.86. The van der Waals surface area contributed by atoms with Crippen molar-refractivity contribution >= 4 is 16.7 Å². The third-order valence-corrected chi connectivity index (χ3v) is 2.66. The fourth-order valence-electron chi connectivity index (χ4n) is 1.80. The van der Waals surface area contributed by atoms with Crippen LogP contribution in [-0.4, -0.2) is 20.7 Å². The molecule has 4 nitrogen and oxygen atoms in total. The molecule has 3 rings (SSSR count). The van der Waals surface area contributed by atoms with Crippen molar-refractivity contribution in [1.29, 1.82) is 0 Å². The van der Waals surface area contributed by atoms with Crippen LogP contribution in [0.1, 0.15) is 16.2 Å². The monoisotopic (exact) mass is 235 g/mol. The quantitative estimate of drug-likeness (QED) is 0.639. The number of pyridine rings is 1. The van der Waals surface area contributed by atoms with Crippen LogP contribution in [0.5, 0.6) is 0 Å². The summed E-state index contributed by atoms with van der Waals surface area (Å²) in [7, 11) is 0. The number of carbonyl (C=O) groups excluding carboxylic acids is 1. The number of benzene rings is 1. The number of fused-ring (bicyclic) bond motifs is 1. The number of aromatic nitrogens is 3. The zero-order valence-electron chi connectivity index (χ0n) is 9.45. The van der Waals surface area contributed by atoms with Crippen molar-refractivity contribution in [2.75, 3.05) is 0 Å². The topological polar surface area (TPSA) is 55.7 Å². The first kappa shape index (κ1) is 10.5. The van der Waals surface area contributed by atoms with Crippen molar-refractivity contribution in [1.82, 2.24) is 15.0 Å². The van der Waals surface area contributed by atoms with Crippen molar-refractivity contribution < 1.29 is 4.79 Å². The van der Waals surface area contributed by atoms with Crippen LogP contribution in [0, 0.1) is 0 Å². The van der Waals surface area contributed by atoms with Gasteiger partial charge in [-0.25, -0.2) is 9.97 Å². The number of para-hydroxylation sites is 1. The zero-order valence-corrected chi connectivity index (χ0v) is 9.45. The highest BCUT2D eigenvalue weighted by Gasteiger charge is 2.14. The predicted octanol–water partition coefficient (Wildman–Crippen LogP) is 2.26. The lowest BCUT2D eigenvalue weighted by atomic mass is 10.1. The van der Waals surface area contributed by atoms with Crippen LogP contribution in [0.25, 0.3) is 10.9 Å². The van der Waals surface area contributed by atoms with E-state index < -0.39 is 0 Å². The number of ketones is 1. The van der Waals surface area contributed by atoms with E-state index in [-0.39, 0.29) is 5.78 Å². The maximum absolute atomic E-state index is 12.3. The second kappa shape index (κ2) is 4.33. The van der Waals surface area contributed by atoms with Crippen molar-refractivity contribution in [3.63, 3.8) is 0 Å². The maximum Gasteiger partial charge on any atom is 0.230 e. The Kier molecular flexibility index (Phi) is 2.53. The van der Waals surface area contributed by atoms with Crippen molar-refractivity contribution in [2.24, 2.45) is 0 Å². The highest BCUT2D eigenvalue weighted by Crippen LogP contribution is 2.16. The lowest BCUT2D eigenvalue weighted by Crippen LogP contribution is -2.07. The molecule has 0 saturated carbocycles. The molecule has 4 heteroatoms. The summed E-state index contributed by atoms with van der Waals surface area (Å²) in [5.74, 6) is -0.186. The third-order valence-electron chi connectivity index (χ3n) is 2.66. The van der Waals surface area contributed by atoms with Gasteiger partial charge >= 0.3 is 0 Å². The summed E-state index contributed by atoms with van der Waals surface area (Å²) in [5.41, 5.74) is 1.53. The summed E-state index contributed by atoms with van der Waals surface area (Å²) in [6, 6.07) is 12.7. The average Bonchev–Trinajstić information content (AvgIpc) is 2.47. The Balaban J connectivity index is 2.18. The molecule has 0 N–H and O–H groups in total. The van der Waals surface area contributed by atoms with E-state index in [9.17, 15) is 4.79 Å². The first-order valence-corrected chi connectivity index (χ1v) is 5.52. The van der Waals surface area contributed by atoms with Gasteiger partial charge in [0.25, 0.3) is 0 Å². The SMILES string of the molecule is O=C(c1ccccn1)c1ncnc2ccccc12. The highest BCUT2D eigenvalue weighted by atomic mass is 16.1. The molecule has 0 unspecified atom stereocenters. The molecule has 0 aliphatic carbocycles. The summed E-state index contributed by atoms with van der Waals surface area (Å²) in [4.78, 5) is 24.6. The van der Waals surface area contributed by atoms with Crippen molar-refractivity contribution in [3.8, 4) is 0 Å². The van der Waals surface area contributed by atoms with E-state index in [1.807, 2.05) is 24.3 Å². The molecular weight excluding hydrogens is 226 g/mol. The minimum absolute atomic E-state index is 0.186. The van der Waals surface area contributed by atoms with Gasteiger partial charge in [0.05, 0.1) is 5.52 Å². The lowest BCUT2D eigenvalue weighted by molar-refractivity contribution is 0.103. The number of carbonyl (C=O) groups is 1. The molecule has 2 aromatic heterocycles. The fraction of sp³-hybridized carbons (Fsp3) is 0. The molecule has 0 fully saturated rings. The summed E-state index contributed by atoms with van der Waals surface area (Å²) < 4.78 is 0. The second-order valence-corrected chi connectivity index (χ2v) is 3.78. The van der Waals surface area contributed by atoms with Gasteiger partial charge in [-0.1, -0.05) is 24.3 Å². The van der Waals surface area contributed by atoms with E-state index in [1.165, 1.54) is 6.33 Å². The van der Waals surface area contributed by atoms with Crippen LogP contribution in [0.3, 0.4) is 0 Å². The van der Waals surface area contributed by atoms with Crippen molar-refractivity contribution in [3.05, 3.63) is 66.4 Å². The number of hydrogen-bond donors (Lipinski definition) is 0. The number of rotatable bonds is 2. The van der Waals surface area contributed by atoms with Gasteiger partial charge in [0.1, 0.15) is 17.7 Å². The van der Waals surface area contributed by atoms with E-state index in [0.29, 0.717) is 11.4 Å². The average molecular weight is 235 g/mol. The molecule has 0 saturated heterocycles. The normalized spacial score (nSPS) is 10.4. The number of nitrogens with zero attached hydrogens (tertiary/aromatic N) is 3. The summed E-state index contributed by atoms with van der Waals surface area (Å²) >= 11 is 0. The summed E-state index contributed by atoms with van der Waals surface area (Å²) in [5, 5.41) is 0.746. The van der Waals surface area contributed by atoms with Gasteiger partial charge in [0.15, 0.2) is 0 Å². The molecule has 0 bridgehead atoms. The molecule has 0 radical (unpaired) electrons. The second-order valence-electron chi connectivity index (χ2n) is 3.78. The Morgan fingerprint density at radius 3 is 2.56 bits per heavy atom. The van der Waals surface area contributed by atoms with Crippen LogP contribution < -0.4 is 0 Å². The minimum atomic E-state index is -0.186. The Labute approximate surface area is 103 Å². The van der Waals surface area contributed by atoms with Gasteiger partial charge in [-0.15, -0.1) is 0 Å². The molecule has 3 aromatic rings. The van der Waals surface area contributed by atoms with E-state index in [4.69, 9.17) is 0 Å². The molecule has 0 amide bonds. The Bertz CT molecular complexity index is 705. The minimum Gasteiger partial charge on any atom is -0.285 e. The fourth-order valence-corrected chi connectivity index (χ4v) is 1.80. The highest BCUT2D eigenvalue weighted by molar-refractivity contribution is 6.13. The van der Waals surface area contributed by atoms with Crippen LogP contribution >= 0.6 is 0 Å². The first-order valence-electron chi connectivity index (χ1n) is 5.52. The molecule has 0 spiro atoms. The Morgan fingerprint density at radius 1 is 0.889 bits per heavy atom. The van der Waals surface area contributed by atoms with E-state index in [0.717, 1.165) is 10.9 Å². The van der Waals surface area contributed by atoms with E-state index >= 15 is 0 Å². The largest absolute Gasteiger partial charge is 0.285 e. The predicted molar refractivity (Wildman–Crippen MR) is 67.2 cm³/mol. The number of hydrogen-bond acceptors (Lipinski definition) is 4. The van der Waals surface area contributed by atoms with Gasteiger partial charge in [-0.3, -0.25) is 9.78 Å². The molecule has 0 aliphatic heterocycles. The van der Waals surface area contributed by atoms with Crippen LogP contribution in [0.2, 0.25) is 0 Å². The maximum atomic E-state index is 12.3.